The van der Waals surface area contributed by atoms with Gasteiger partial charge in [0.2, 0.25) is 32.7 Å². The van der Waals surface area contributed by atoms with Gasteiger partial charge in [0.1, 0.15) is 0 Å². The van der Waals surface area contributed by atoms with E-state index in [0.717, 1.165) is 12.9 Å². The predicted octanol–water partition coefficient (Wildman–Crippen LogP) is -3.51. The number of thiol groups is 3. The van der Waals surface area contributed by atoms with Crippen LogP contribution in [0.2, 0.25) is 0 Å². The lowest BCUT2D eigenvalue weighted by Gasteiger charge is -2.16. The van der Waals surface area contributed by atoms with Gasteiger partial charge in [-0.3, -0.25) is 0 Å². The zero-order valence-electron chi connectivity index (χ0n) is 9.38. The summed E-state index contributed by atoms with van der Waals surface area (Å²) in [5, 5.41) is 0. The van der Waals surface area contributed by atoms with E-state index in [1.54, 1.807) is 0 Å². The second-order valence-electron chi connectivity index (χ2n) is 3.57. The lowest BCUT2D eigenvalue weighted by Crippen LogP contribution is -2.34. The van der Waals surface area contributed by atoms with Gasteiger partial charge in [0.25, 0.3) is 0 Å². The topological polar surface area (TPSA) is 112 Å². The van der Waals surface area contributed by atoms with E-state index >= 15 is 0 Å². The average molecular weight is 321 g/mol. The fraction of sp³-hybridized carbons (Fsp3) is 1.00. The average Bonchev–Trinajstić information content (AvgIpc) is 2.37. The third-order valence-electron chi connectivity index (χ3n) is 2.54. The van der Waals surface area contributed by atoms with Crippen molar-refractivity contribution < 1.29 is 25.3 Å². The minimum Gasteiger partial charge on any atom is -0.215 e. The summed E-state index contributed by atoms with van der Waals surface area (Å²) in [6.45, 7) is 0.199. The monoisotopic (exact) mass is 321 g/mol. The molecule has 0 saturated carbocycles. The van der Waals surface area contributed by atoms with Crippen LogP contribution in [-0.2, 0) is 32.7 Å². The van der Waals surface area contributed by atoms with E-state index < -0.39 is 32.7 Å². The molecule has 0 aliphatic carbocycles. The molecule has 0 N–H and O–H groups in total. The summed E-state index contributed by atoms with van der Waals surface area (Å²) in [4.78, 5) is 0. The molecule has 108 valence electrons. The molecule has 0 aromatic heterocycles. The quantitative estimate of drug-likeness (QED) is 0.465. The molecule has 0 atom stereocenters. The first-order valence-electron chi connectivity index (χ1n) is 5.09. The molecule has 9 nitrogen and oxygen atoms in total. The van der Waals surface area contributed by atoms with Crippen molar-refractivity contribution in [1.82, 2.24) is 12.9 Å². The summed E-state index contributed by atoms with van der Waals surface area (Å²) < 4.78 is 68.6. The van der Waals surface area contributed by atoms with E-state index in [1.807, 2.05) is 0 Å². The van der Waals surface area contributed by atoms with Crippen LogP contribution in [0, 0.1) is 0 Å². The van der Waals surface area contributed by atoms with Crippen molar-refractivity contribution in [3.05, 3.63) is 0 Å². The third kappa shape index (κ3) is 4.78. The highest BCUT2D eigenvalue weighted by molar-refractivity contribution is 7.70. The van der Waals surface area contributed by atoms with Gasteiger partial charge < -0.3 is 0 Å². The van der Waals surface area contributed by atoms with Crippen LogP contribution in [-0.4, -0.2) is 77.4 Å². The van der Waals surface area contributed by atoms with Gasteiger partial charge in [-0.2, -0.15) is 0 Å². The van der Waals surface area contributed by atoms with Crippen LogP contribution in [0.1, 0.15) is 0 Å². The number of rotatable bonds is 3. The summed E-state index contributed by atoms with van der Waals surface area (Å²) >= 11 is 0. The van der Waals surface area contributed by atoms with Gasteiger partial charge in [-0.05, 0) is 0 Å². The Bertz CT molecular complexity index is 391. The lowest BCUT2D eigenvalue weighted by molar-refractivity contribution is 0.378. The predicted molar refractivity (Wildman–Crippen MR) is 65.7 cm³/mol. The Morgan fingerprint density at radius 2 is 0.611 bits per heavy atom. The van der Waals surface area contributed by atoms with Crippen LogP contribution in [0.4, 0.5) is 0 Å². The second-order valence-corrected chi connectivity index (χ2v) is 6.70. The molecule has 18 heavy (non-hydrogen) atoms. The summed E-state index contributed by atoms with van der Waals surface area (Å²) in [6.07, 6.45) is 0. The highest BCUT2D eigenvalue weighted by Crippen LogP contribution is 2.00. The molecule has 0 spiro atoms. The number of nitrogens with zero attached hydrogens (tertiary/aromatic N) is 3. The summed E-state index contributed by atoms with van der Waals surface area (Å²) in [5.41, 5.74) is 0. The van der Waals surface area contributed by atoms with E-state index in [2.05, 4.69) is 0 Å². The first-order valence-corrected chi connectivity index (χ1v) is 8.48. The van der Waals surface area contributed by atoms with E-state index in [-0.39, 0.29) is 39.3 Å². The van der Waals surface area contributed by atoms with Gasteiger partial charge in [0.05, 0.1) is 0 Å². The molecule has 0 radical (unpaired) electrons. The molecule has 1 aliphatic heterocycles. The van der Waals surface area contributed by atoms with Crippen LogP contribution in [0.5, 0.6) is 0 Å². The highest BCUT2D eigenvalue weighted by Gasteiger charge is 2.19. The van der Waals surface area contributed by atoms with Crippen LogP contribution >= 0.6 is 0 Å². The van der Waals surface area contributed by atoms with Gasteiger partial charge in [0, 0.05) is 39.3 Å². The van der Waals surface area contributed by atoms with Gasteiger partial charge in [-0.15, -0.1) is 0 Å². The first-order chi connectivity index (χ1) is 8.41. The van der Waals surface area contributed by atoms with Crippen LogP contribution in [0.15, 0.2) is 0 Å². The number of hydrogen-bond acceptors (Lipinski definition) is 6. The molecule has 0 bridgehead atoms. The maximum absolute atomic E-state index is 10.9. The fourth-order valence-corrected chi connectivity index (χ4v) is 3.03. The van der Waals surface area contributed by atoms with E-state index in [1.165, 1.54) is 0 Å². The fourth-order valence-electron chi connectivity index (χ4n) is 1.52. The molecule has 0 aromatic rings. The molecule has 1 heterocycles. The van der Waals surface area contributed by atoms with Crippen LogP contribution in [0.25, 0.3) is 0 Å². The largest absolute Gasteiger partial charge is 0.215 e. The Labute approximate surface area is 110 Å². The maximum atomic E-state index is 10.9. The summed E-state index contributed by atoms with van der Waals surface area (Å²) in [6, 6.07) is 0. The zero-order valence-corrected chi connectivity index (χ0v) is 12.1. The van der Waals surface area contributed by atoms with Crippen molar-refractivity contribution in [2.75, 3.05) is 39.3 Å². The Balaban J connectivity index is 2.86. The lowest BCUT2D eigenvalue weighted by atomic mass is 10.5. The van der Waals surface area contributed by atoms with Gasteiger partial charge in [0.15, 0.2) is 0 Å². The van der Waals surface area contributed by atoms with Gasteiger partial charge in [-0.25, -0.2) is 38.2 Å². The number of hydrogen-bond donors (Lipinski definition) is 3. The minimum absolute atomic E-state index is 0.0332. The zero-order chi connectivity index (χ0) is 13.7. The summed E-state index contributed by atoms with van der Waals surface area (Å²) in [5.74, 6) is 0. The van der Waals surface area contributed by atoms with Gasteiger partial charge in [-0.1, -0.05) is 0 Å². The Hall–Kier alpha value is -0.270. The SMILES string of the molecule is O=[SH](=O)N1CCN([SH](=O)=O)CCN([SH](=O)=O)CC1. The standard InChI is InChI=1S/C6H15N3O6S3/c10-16(11)7-1-2-8(17(12)13)5-6-9(4-3-7)18(14)15/h16-18H,1-6H2. The molecule has 1 saturated heterocycles. The summed E-state index contributed by atoms with van der Waals surface area (Å²) in [7, 11) is -8.55. The van der Waals surface area contributed by atoms with E-state index in [0.29, 0.717) is 0 Å². The molecule has 1 aliphatic rings. The van der Waals surface area contributed by atoms with Crippen LogP contribution < -0.4 is 0 Å². The molecular weight excluding hydrogens is 306 g/mol. The Morgan fingerprint density at radius 3 is 0.722 bits per heavy atom. The highest BCUT2D eigenvalue weighted by atomic mass is 32.2. The van der Waals surface area contributed by atoms with Crippen molar-refractivity contribution in [2.45, 2.75) is 0 Å². The normalized spacial score (nSPS) is 22.2. The van der Waals surface area contributed by atoms with Gasteiger partial charge >= 0.3 is 0 Å². The molecular formula is C6H15N3O6S3. The second kappa shape index (κ2) is 7.35. The van der Waals surface area contributed by atoms with E-state index in [4.69, 9.17) is 0 Å². The Kier molecular flexibility index (Phi) is 6.45. The minimum atomic E-state index is -2.85. The van der Waals surface area contributed by atoms with Crippen molar-refractivity contribution in [2.24, 2.45) is 0 Å². The van der Waals surface area contributed by atoms with Crippen molar-refractivity contribution in [3.8, 4) is 0 Å². The van der Waals surface area contributed by atoms with Crippen molar-refractivity contribution >= 4 is 32.7 Å². The first kappa shape index (κ1) is 15.8. The maximum Gasteiger partial charge on any atom is 0.204 e. The van der Waals surface area contributed by atoms with E-state index in [9.17, 15) is 25.3 Å². The molecule has 0 unspecified atom stereocenters. The van der Waals surface area contributed by atoms with Crippen molar-refractivity contribution in [1.29, 1.82) is 0 Å². The van der Waals surface area contributed by atoms with Crippen molar-refractivity contribution in [3.63, 3.8) is 0 Å². The molecule has 0 aromatic carbocycles. The molecule has 12 heteroatoms. The Morgan fingerprint density at radius 1 is 0.444 bits per heavy atom. The third-order valence-corrected chi connectivity index (χ3v) is 5.13. The molecule has 0 amide bonds. The molecule has 1 rings (SSSR count). The van der Waals surface area contributed by atoms with Crippen LogP contribution in [0.3, 0.4) is 0 Å². The molecule has 1 fully saturated rings. The smallest absolute Gasteiger partial charge is 0.204 e.